The molecule has 0 aliphatic heterocycles. The van der Waals surface area contributed by atoms with E-state index in [0.29, 0.717) is 17.1 Å². The van der Waals surface area contributed by atoms with Gasteiger partial charge < -0.3 is 5.11 Å². The zero-order chi connectivity index (χ0) is 16.6. The normalized spacial score (nSPS) is 59.2. The molecule has 0 bridgehead atoms. The lowest BCUT2D eigenvalue weighted by atomic mass is 9.43. The van der Waals surface area contributed by atoms with E-state index in [4.69, 9.17) is 0 Å². The summed E-state index contributed by atoms with van der Waals surface area (Å²) >= 11 is 0. The van der Waals surface area contributed by atoms with E-state index in [1.165, 1.54) is 32.1 Å². The number of Topliss-reactive ketones (excluding diaryl/α,β-unsaturated/α-hetero) is 1. The number of fused-ring (bicyclic) bond motifs is 5. The van der Waals surface area contributed by atoms with Crippen LogP contribution < -0.4 is 0 Å². The van der Waals surface area contributed by atoms with Gasteiger partial charge in [-0.05, 0) is 79.4 Å². The van der Waals surface area contributed by atoms with Crippen molar-refractivity contribution in [2.75, 3.05) is 0 Å². The highest BCUT2D eigenvalue weighted by molar-refractivity contribution is 5.84. The molecule has 1 N–H and O–H groups in total. The second kappa shape index (κ2) is 5.07. The van der Waals surface area contributed by atoms with Crippen LogP contribution in [0.1, 0.15) is 72.6 Å². The van der Waals surface area contributed by atoms with Crippen molar-refractivity contribution in [1.29, 1.82) is 0 Å². The first-order valence-electron chi connectivity index (χ1n) is 10.0. The van der Waals surface area contributed by atoms with Crippen molar-refractivity contribution in [3.05, 3.63) is 0 Å². The Labute approximate surface area is 141 Å². The predicted molar refractivity (Wildman–Crippen MR) is 91.8 cm³/mol. The van der Waals surface area contributed by atoms with Crippen molar-refractivity contribution in [2.45, 2.75) is 78.7 Å². The third-order valence-corrected chi connectivity index (χ3v) is 9.18. The van der Waals surface area contributed by atoms with Crippen LogP contribution in [0, 0.1) is 46.3 Å². The molecule has 0 radical (unpaired) electrons. The van der Waals surface area contributed by atoms with Crippen molar-refractivity contribution in [2.24, 2.45) is 46.3 Å². The van der Waals surface area contributed by atoms with Gasteiger partial charge in [0.25, 0.3) is 0 Å². The number of aliphatic hydroxyl groups excluding tert-OH is 1. The van der Waals surface area contributed by atoms with Gasteiger partial charge in [-0.25, -0.2) is 0 Å². The van der Waals surface area contributed by atoms with E-state index >= 15 is 0 Å². The summed E-state index contributed by atoms with van der Waals surface area (Å²) in [4.78, 5) is 12.5. The van der Waals surface area contributed by atoms with Crippen molar-refractivity contribution in [1.82, 2.24) is 0 Å². The van der Waals surface area contributed by atoms with Gasteiger partial charge in [0.1, 0.15) is 5.78 Å². The molecule has 0 heterocycles. The molecule has 0 saturated heterocycles. The zero-order valence-corrected chi connectivity index (χ0v) is 15.3. The summed E-state index contributed by atoms with van der Waals surface area (Å²) in [5.74, 6) is 3.91. The standard InChI is InChI=1S/C21H34O2/c1-12-11-21(4)15(13(2)19(12)23)6-5-14-16-7-8-18(22)20(16,3)10-9-17(14)21/h12-18,22H,5-11H2,1-4H3/t12-,13+,14+,15+,16+,17+,18+,20+,21+/m1/s1. The van der Waals surface area contributed by atoms with Gasteiger partial charge in [-0.3, -0.25) is 4.79 Å². The molecular weight excluding hydrogens is 284 g/mol. The lowest BCUT2D eigenvalue weighted by molar-refractivity contribution is -0.159. The van der Waals surface area contributed by atoms with Crippen LogP contribution in [-0.2, 0) is 4.79 Å². The summed E-state index contributed by atoms with van der Waals surface area (Å²) in [6, 6.07) is 0. The summed E-state index contributed by atoms with van der Waals surface area (Å²) in [6.45, 7) is 9.24. The zero-order valence-electron chi connectivity index (χ0n) is 15.3. The molecule has 4 fully saturated rings. The molecule has 2 heteroatoms. The molecule has 0 amide bonds. The molecular formula is C21H34O2. The maximum Gasteiger partial charge on any atom is 0.138 e. The molecule has 0 spiro atoms. The highest BCUT2D eigenvalue weighted by Crippen LogP contribution is 2.66. The SMILES string of the molecule is C[C@@H]1C[C@]2(C)[C@H]3CC[C@]4(C)[C@@H](O)CC[C@H]4[C@@H]3CC[C@H]2[C@H](C)C1=O. The van der Waals surface area contributed by atoms with Crippen LogP contribution >= 0.6 is 0 Å². The Morgan fingerprint density at radius 3 is 2.30 bits per heavy atom. The Morgan fingerprint density at radius 1 is 0.913 bits per heavy atom. The van der Waals surface area contributed by atoms with E-state index < -0.39 is 0 Å². The average molecular weight is 319 g/mol. The molecule has 130 valence electrons. The van der Waals surface area contributed by atoms with Crippen molar-refractivity contribution < 1.29 is 9.90 Å². The molecule has 0 aromatic carbocycles. The maximum atomic E-state index is 12.5. The van der Waals surface area contributed by atoms with Crippen LogP contribution in [0.25, 0.3) is 0 Å². The molecule has 4 saturated carbocycles. The first kappa shape index (κ1) is 16.1. The molecule has 0 aromatic heterocycles. The Balaban J connectivity index is 1.67. The van der Waals surface area contributed by atoms with Crippen LogP contribution in [0.15, 0.2) is 0 Å². The monoisotopic (exact) mass is 318 g/mol. The fraction of sp³-hybridized carbons (Fsp3) is 0.952. The van der Waals surface area contributed by atoms with E-state index in [1.54, 1.807) is 0 Å². The van der Waals surface area contributed by atoms with E-state index in [9.17, 15) is 9.90 Å². The molecule has 23 heavy (non-hydrogen) atoms. The summed E-state index contributed by atoms with van der Waals surface area (Å²) in [6.07, 6.45) is 8.26. The van der Waals surface area contributed by atoms with Crippen LogP contribution in [0.4, 0.5) is 0 Å². The quantitative estimate of drug-likeness (QED) is 0.716. The second-order valence-corrected chi connectivity index (χ2v) is 10.0. The van der Waals surface area contributed by atoms with Crippen molar-refractivity contribution in [3.63, 3.8) is 0 Å². The number of hydrogen-bond acceptors (Lipinski definition) is 2. The van der Waals surface area contributed by atoms with Crippen LogP contribution in [0.5, 0.6) is 0 Å². The number of carbonyl (C=O) groups excluding carboxylic acids is 1. The molecule has 9 atom stereocenters. The predicted octanol–water partition coefficient (Wildman–Crippen LogP) is 4.45. The van der Waals surface area contributed by atoms with Gasteiger partial charge in [-0.15, -0.1) is 0 Å². The smallest absolute Gasteiger partial charge is 0.138 e. The summed E-state index contributed by atoms with van der Waals surface area (Å²) in [7, 11) is 0. The largest absolute Gasteiger partial charge is 0.393 e. The molecule has 4 rings (SSSR count). The topological polar surface area (TPSA) is 37.3 Å². The van der Waals surface area contributed by atoms with Crippen molar-refractivity contribution in [3.8, 4) is 0 Å². The third kappa shape index (κ3) is 2.00. The highest BCUT2D eigenvalue weighted by Gasteiger charge is 2.61. The molecule has 0 unspecified atom stereocenters. The Bertz CT molecular complexity index is 514. The van der Waals surface area contributed by atoms with E-state index in [-0.39, 0.29) is 23.4 Å². The number of aliphatic hydroxyl groups is 1. The minimum atomic E-state index is -0.0789. The minimum absolute atomic E-state index is 0.0789. The van der Waals surface area contributed by atoms with Crippen LogP contribution in [-0.4, -0.2) is 17.0 Å². The Morgan fingerprint density at radius 2 is 1.57 bits per heavy atom. The number of rotatable bonds is 0. The Kier molecular flexibility index (Phi) is 3.55. The summed E-state index contributed by atoms with van der Waals surface area (Å²) in [5.41, 5.74) is 0.524. The lowest BCUT2D eigenvalue weighted by Gasteiger charge is -2.61. The summed E-state index contributed by atoms with van der Waals surface area (Å²) in [5, 5.41) is 10.5. The van der Waals surface area contributed by atoms with Crippen LogP contribution in [0.3, 0.4) is 0 Å². The molecule has 4 aliphatic rings. The molecule has 0 aromatic rings. The Hall–Kier alpha value is -0.370. The van der Waals surface area contributed by atoms with Crippen LogP contribution in [0.2, 0.25) is 0 Å². The van der Waals surface area contributed by atoms with Gasteiger partial charge in [0.2, 0.25) is 0 Å². The van der Waals surface area contributed by atoms with Gasteiger partial charge in [0.15, 0.2) is 0 Å². The van der Waals surface area contributed by atoms with E-state index in [0.717, 1.165) is 30.6 Å². The lowest BCUT2D eigenvalue weighted by Crippen LogP contribution is -2.57. The van der Waals surface area contributed by atoms with E-state index in [2.05, 4.69) is 27.7 Å². The summed E-state index contributed by atoms with van der Waals surface area (Å²) < 4.78 is 0. The first-order chi connectivity index (χ1) is 10.8. The molecule has 2 nitrogen and oxygen atoms in total. The number of carbonyl (C=O) groups is 1. The van der Waals surface area contributed by atoms with Gasteiger partial charge >= 0.3 is 0 Å². The fourth-order valence-electron chi connectivity index (χ4n) is 7.99. The van der Waals surface area contributed by atoms with Gasteiger partial charge in [0.05, 0.1) is 6.10 Å². The minimum Gasteiger partial charge on any atom is -0.393 e. The number of hydrogen-bond donors (Lipinski definition) is 1. The fourth-order valence-corrected chi connectivity index (χ4v) is 7.99. The third-order valence-electron chi connectivity index (χ3n) is 9.18. The van der Waals surface area contributed by atoms with Gasteiger partial charge in [-0.1, -0.05) is 27.7 Å². The van der Waals surface area contributed by atoms with Crippen molar-refractivity contribution >= 4 is 5.78 Å². The van der Waals surface area contributed by atoms with Gasteiger partial charge in [0, 0.05) is 11.8 Å². The second-order valence-electron chi connectivity index (χ2n) is 10.0. The molecule has 4 aliphatic carbocycles. The average Bonchev–Trinajstić information content (AvgIpc) is 2.80. The van der Waals surface area contributed by atoms with Gasteiger partial charge in [-0.2, -0.15) is 0 Å². The highest BCUT2D eigenvalue weighted by atomic mass is 16.3. The first-order valence-corrected chi connectivity index (χ1v) is 10.0. The maximum absolute atomic E-state index is 12.5. The van der Waals surface area contributed by atoms with E-state index in [1.807, 2.05) is 0 Å². The number of ketones is 1.